The van der Waals surface area contributed by atoms with E-state index in [1.54, 1.807) is 6.92 Å². The first-order valence-corrected chi connectivity index (χ1v) is 10.0. The molecule has 0 saturated carbocycles. The highest BCUT2D eigenvalue weighted by Gasteiger charge is 2.19. The number of ether oxygens (including phenoxy) is 2. The van der Waals surface area contributed by atoms with Crippen LogP contribution in [0.1, 0.15) is 33.3 Å². The number of carbonyl (C=O) groups excluding carboxylic acids is 1. The average Bonchev–Trinajstić information content (AvgIpc) is 2.71. The third-order valence-corrected chi connectivity index (χ3v) is 4.78. The minimum Gasteiger partial charge on any atom is -0.491 e. The zero-order chi connectivity index (χ0) is 20.9. The lowest BCUT2D eigenvalue weighted by Crippen LogP contribution is -2.38. The van der Waals surface area contributed by atoms with E-state index in [9.17, 15) is 4.79 Å². The van der Waals surface area contributed by atoms with Crippen LogP contribution in [0.15, 0.2) is 66.7 Å². The van der Waals surface area contributed by atoms with E-state index in [-0.39, 0.29) is 11.3 Å². The maximum Gasteiger partial charge on any atom is 0.260 e. The number of amides is 1. The maximum absolute atomic E-state index is 12.4. The third-order valence-electron chi connectivity index (χ3n) is 4.78. The van der Waals surface area contributed by atoms with Gasteiger partial charge < -0.3 is 14.8 Å². The van der Waals surface area contributed by atoms with Gasteiger partial charge in [0, 0.05) is 5.39 Å². The molecule has 3 aromatic rings. The van der Waals surface area contributed by atoms with E-state index < -0.39 is 6.10 Å². The summed E-state index contributed by atoms with van der Waals surface area (Å²) >= 11 is 0. The van der Waals surface area contributed by atoms with Gasteiger partial charge in [0.05, 0.1) is 6.54 Å². The molecule has 1 amide bonds. The van der Waals surface area contributed by atoms with E-state index in [1.807, 2.05) is 60.7 Å². The van der Waals surface area contributed by atoms with Crippen LogP contribution in [0.4, 0.5) is 0 Å². The maximum atomic E-state index is 12.4. The van der Waals surface area contributed by atoms with Crippen molar-refractivity contribution in [2.45, 2.75) is 39.2 Å². The van der Waals surface area contributed by atoms with Crippen molar-refractivity contribution in [3.8, 4) is 11.5 Å². The molecule has 152 valence electrons. The van der Waals surface area contributed by atoms with Gasteiger partial charge in [-0.2, -0.15) is 0 Å². The predicted octanol–water partition coefficient (Wildman–Crippen LogP) is 5.10. The molecule has 0 bridgehead atoms. The van der Waals surface area contributed by atoms with Gasteiger partial charge in [-0.05, 0) is 35.4 Å². The quantitative estimate of drug-likeness (QED) is 0.570. The van der Waals surface area contributed by atoms with Gasteiger partial charge in [-0.3, -0.25) is 4.79 Å². The van der Waals surface area contributed by atoms with Crippen LogP contribution in [0, 0.1) is 0 Å². The second-order valence-electron chi connectivity index (χ2n) is 8.12. The van der Waals surface area contributed by atoms with Crippen molar-refractivity contribution in [3.63, 3.8) is 0 Å². The van der Waals surface area contributed by atoms with E-state index in [4.69, 9.17) is 9.47 Å². The summed E-state index contributed by atoms with van der Waals surface area (Å²) in [6.07, 6.45) is -0.595. The van der Waals surface area contributed by atoms with Crippen molar-refractivity contribution >= 4 is 16.7 Å². The molecular weight excluding hydrogens is 362 g/mol. The van der Waals surface area contributed by atoms with Crippen LogP contribution >= 0.6 is 0 Å². The van der Waals surface area contributed by atoms with Crippen molar-refractivity contribution in [3.05, 3.63) is 72.3 Å². The van der Waals surface area contributed by atoms with E-state index in [0.717, 1.165) is 22.1 Å². The summed E-state index contributed by atoms with van der Waals surface area (Å²) < 4.78 is 11.8. The van der Waals surface area contributed by atoms with Crippen molar-refractivity contribution < 1.29 is 14.3 Å². The Balaban J connectivity index is 1.52. The van der Waals surface area contributed by atoms with Gasteiger partial charge in [-0.15, -0.1) is 0 Å². The summed E-state index contributed by atoms with van der Waals surface area (Å²) in [7, 11) is 0. The number of nitrogens with one attached hydrogen (secondary N) is 1. The Bertz CT molecular complexity index is 970. The van der Waals surface area contributed by atoms with Crippen LogP contribution in [0.25, 0.3) is 10.8 Å². The number of para-hydroxylation sites is 1. The number of rotatable bonds is 7. The lowest BCUT2D eigenvalue weighted by Gasteiger charge is -2.22. The largest absolute Gasteiger partial charge is 0.491 e. The van der Waals surface area contributed by atoms with Crippen LogP contribution in [-0.4, -0.2) is 25.2 Å². The molecular formula is C25H29NO3. The van der Waals surface area contributed by atoms with Crippen molar-refractivity contribution in [2.75, 3.05) is 13.2 Å². The van der Waals surface area contributed by atoms with Gasteiger partial charge in [0.1, 0.15) is 18.1 Å². The lowest BCUT2D eigenvalue weighted by molar-refractivity contribution is -0.127. The van der Waals surface area contributed by atoms with E-state index in [2.05, 4.69) is 32.2 Å². The topological polar surface area (TPSA) is 47.6 Å². The van der Waals surface area contributed by atoms with Crippen LogP contribution < -0.4 is 14.8 Å². The van der Waals surface area contributed by atoms with Gasteiger partial charge in [-0.1, -0.05) is 75.4 Å². The third kappa shape index (κ3) is 5.29. The Labute approximate surface area is 172 Å². The molecule has 0 aliphatic heterocycles. The van der Waals surface area contributed by atoms with Gasteiger partial charge in [0.15, 0.2) is 6.10 Å². The minimum absolute atomic E-state index is 0.000648. The Morgan fingerprint density at radius 3 is 2.38 bits per heavy atom. The second kappa shape index (κ2) is 8.99. The molecule has 0 heterocycles. The Morgan fingerprint density at radius 2 is 1.59 bits per heavy atom. The molecule has 0 saturated heterocycles. The molecule has 0 unspecified atom stereocenters. The summed E-state index contributed by atoms with van der Waals surface area (Å²) in [5, 5.41) is 4.97. The number of benzene rings is 3. The fraction of sp³-hybridized carbons (Fsp3) is 0.320. The molecule has 0 aliphatic rings. The number of carbonyl (C=O) groups is 1. The SMILES string of the molecule is C[C@H](Oc1cccc2ccccc12)C(=O)NCCOc1ccccc1C(C)(C)C. The van der Waals surface area contributed by atoms with Crippen molar-refractivity contribution in [2.24, 2.45) is 0 Å². The van der Waals surface area contributed by atoms with Gasteiger partial charge in [0.2, 0.25) is 0 Å². The van der Waals surface area contributed by atoms with E-state index in [1.165, 1.54) is 0 Å². The molecule has 4 nitrogen and oxygen atoms in total. The van der Waals surface area contributed by atoms with Crippen LogP contribution in [0.3, 0.4) is 0 Å². The second-order valence-corrected chi connectivity index (χ2v) is 8.12. The van der Waals surface area contributed by atoms with E-state index >= 15 is 0 Å². The first-order chi connectivity index (χ1) is 13.9. The number of hydrogen-bond donors (Lipinski definition) is 1. The lowest BCUT2D eigenvalue weighted by atomic mass is 9.86. The van der Waals surface area contributed by atoms with Crippen molar-refractivity contribution in [1.29, 1.82) is 0 Å². The zero-order valence-corrected chi connectivity index (χ0v) is 17.6. The Hall–Kier alpha value is -3.01. The van der Waals surface area contributed by atoms with Gasteiger partial charge in [-0.25, -0.2) is 0 Å². The highest BCUT2D eigenvalue weighted by molar-refractivity contribution is 5.89. The Morgan fingerprint density at radius 1 is 0.931 bits per heavy atom. The fourth-order valence-corrected chi connectivity index (χ4v) is 3.23. The van der Waals surface area contributed by atoms with Gasteiger partial charge >= 0.3 is 0 Å². The number of fused-ring (bicyclic) bond motifs is 1. The van der Waals surface area contributed by atoms with Crippen molar-refractivity contribution in [1.82, 2.24) is 5.32 Å². The van der Waals surface area contributed by atoms with Crippen LogP contribution in [0.5, 0.6) is 11.5 Å². The highest BCUT2D eigenvalue weighted by Crippen LogP contribution is 2.30. The Kier molecular flexibility index (Phi) is 6.42. The summed E-state index contributed by atoms with van der Waals surface area (Å²) in [6.45, 7) is 9.04. The molecule has 0 aromatic heterocycles. The fourth-order valence-electron chi connectivity index (χ4n) is 3.23. The molecule has 0 aliphatic carbocycles. The first-order valence-electron chi connectivity index (χ1n) is 10.0. The summed E-state index contributed by atoms with van der Waals surface area (Å²) in [4.78, 5) is 12.4. The molecule has 4 heteroatoms. The molecule has 29 heavy (non-hydrogen) atoms. The molecule has 1 N–H and O–H groups in total. The van der Waals surface area contributed by atoms with Gasteiger partial charge in [0.25, 0.3) is 5.91 Å². The minimum atomic E-state index is -0.595. The molecule has 0 radical (unpaired) electrons. The standard InChI is InChI=1S/C25H29NO3/c1-18(29-22-15-9-11-19-10-5-6-12-20(19)22)24(27)26-16-17-28-23-14-8-7-13-21(23)25(2,3)4/h5-15,18H,16-17H2,1-4H3,(H,26,27)/t18-/m0/s1. The summed E-state index contributed by atoms with van der Waals surface area (Å²) in [5.41, 5.74) is 1.15. The zero-order valence-electron chi connectivity index (χ0n) is 17.6. The van der Waals surface area contributed by atoms with Crippen LogP contribution in [-0.2, 0) is 10.2 Å². The molecule has 1 atom stereocenters. The normalized spacial score (nSPS) is 12.4. The molecule has 3 aromatic carbocycles. The summed E-state index contributed by atoms with van der Waals surface area (Å²) in [6, 6.07) is 21.8. The monoisotopic (exact) mass is 391 g/mol. The highest BCUT2D eigenvalue weighted by atomic mass is 16.5. The molecule has 3 rings (SSSR count). The smallest absolute Gasteiger partial charge is 0.260 e. The summed E-state index contributed by atoms with van der Waals surface area (Å²) in [5.74, 6) is 1.40. The average molecular weight is 392 g/mol. The predicted molar refractivity (Wildman–Crippen MR) is 118 cm³/mol. The molecule has 0 fully saturated rings. The van der Waals surface area contributed by atoms with E-state index in [0.29, 0.717) is 18.9 Å². The molecule has 0 spiro atoms. The van der Waals surface area contributed by atoms with Crippen LogP contribution in [0.2, 0.25) is 0 Å². The number of hydrogen-bond acceptors (Lipinski definition) is 3. The first kappa shape index (κ1) is 20.7.